The van der Waals surface area contributed by atoms with Crippen LogP contribution in [0.1, 0.15) is 32.6 Å². The zero-order chi connectivity index (χ0) is 5.61. The van der Waals surface area contributed by atoms with E-state index in [4.69, 9.17) is 0 Å². The first kappa shape index (κ1) is 4.54. The van der Waals surface area contributed by atoms with Crippen molar-refractivity contribution in [1.82, 2.24) is 0 Å². The molecular weight excluding hydrogens is 98.1 g/mol. The molecule has 0 aromatic rings. The highest BCUT2D eigenvalue weighted by Gasteiger charge is 2.42. The third-order valence-corrected chi connectivity index (χ3v) is 2.30. The minimum Gasteiger partial charge on any atom is -0.287 e. The lowest BCUT2D eigenvalue weighted by Gasteiger charge is -2.45. The molecule has 2 aliphatic rings. The minimum atomic E-state index is 0.504. The van der Waals surface area contributed by atoms with E-state index in [9.17, 15) is 0 Å². The van der Waals surface area contributed by atoms with Crippen LogP contribution in [0.25, 0.3) is 0 Å². The van der Waals surface area contributed by atoms with Crippen molar-refractivity contribution in [3.05, 3.63) is 0 Å². The van der Waals surface area contributed by atoms with Gasteiger partial charge in [-0.2, -0.15) is 0 Å². The molecule has 0 unspecified atom stereocenters. The molecule has 1 fully saturated rings. The van der Waals surface area contributed by atoms with Gasteiger partial charge in [0.2, 0.25) is 0 Å². The normalized spacial score (nSPS) is 30.9. The van der Waals surface area contributed by atoms with Crippen LogP contribution in [-0.4, -0.2) is 11.3 Å². The first-order valence-corrected chi connectivity index (χ1v) is 3.36. The van der Waals surface area contributed by atoms with Crippen molar-refractivity contribution < 1.29 is 0 Å². The first-order chi connectivity index (χ1) is 3.81. The fraction of sp³-hybridized carbons (Fsp3) is 0.857. The molecule has 8 heavy (non-hydrogen) atoms. The van der Waals surface area contributed by atoms with Gasteiger partial charge in [0, 0.05) is 12.1 Å². The van der Waals surface area contributed by atoms with Crippen molar-refractivity contribution in [3.8, 4) is 0 Å². The molecule has 1 heteroatoms. The van der Waals surface area contributed by atoms with Crippen molar-refractivity contribution in [2.45, 2.75) is 38.1 Å². The molecule has 1 aliphatic heterocycles. The van der Waals surface area contributed by atoms with Gasteiger partial charge in [-0.05, 0) is 26.2 Å². The van der Waals surface area contributed by atoms with E-state index in [-0.39, 0.29) is 0 Å². The molecule has 0 radical (unpaired) electrons. The van der Waals surface area contributed by atoms with Crippen LogP contribution in [0.15, 0.2) is 4.99 Å². The van der Waals surface area contributed by atoms with Crippen LogP contribution in [-0.2, 0) is 0 Å². The average Bonchev–Trinajstić information content (AvgIpc) is 1.51. The molecule has 1 heterocycles. The van der Waals surface area contributed by atoms with E-state index >= 15 is 0 Å². The topological polar surface area (TPSA) is 12.4 Å². The molecule has 0 N–H and O–H groups in total. The Bertz CT molecular complexity index is 142. The average molecular weight is 109 g/mol. The SMILES string of the molecule is CC1=NC2(CCC2)C1. The van der Waals surface area contributed by atoms with Crippen molar-refractivity contribution in [2.24, 2.45) is 4.99 Å². The lowest BCUT2D eigenvalue weighted by molar-refractivity contribution is 0.236. The highest BCUT2D eigenvalue weighted by atomic mass is 15.0. The Morgan fingerprint density at radius 1 is 1.50 bits per heavy atom. The van der Waals surface area contributed by atoms with Gasteiger partial charge in [-0.25, -0.2) is 0 Å². The first-order valence-electron chi connectivity index (χ1n) is 3.36. The van der Waals surface area contributed by atoms with E-state index in [0.717, 1.165) is 0 Å². The molecule has 0 saturated heterocycles. The van der Waals surface area contributed by atoms with Gasteiger partial charge in [0.25, 0.3) is 0 Å². The fourth-order valence-corrected chi connectivity index (χ4v) is 1.74. The Labute approximate surface area is 49.8 Å². The molecule has 1 nitrogen and oxygen atoms in total. The highest BCUT2D eigenvalue weighted by molar-refractivity contribution is 5.88. The molecule has 1 spiro atoms. The predicted molar refractivity (Wildman–Crippen MR) is 34.3 cm³/mol. The van der Waals surface area contributed by atoms with Crippen LogP contribution in [0.2, 0.25) is 0 Å². The van der Waals surface area contributed by atoms with E-state index in [1.807, 2.05) is 0 Å². The third kappa shape index (κ3) is 0.396. The Morgan fingerprint density at radius 3 is 2.25 bits per heavy atom. The lowest BCUT2D eigenvalue weighted by Crippen LogP contribution is -2.44. The van der Waals surface area contributed by atoms with Crippen LogP contribution in [0, 0.1) is 0 Å². The Kier molecular flexibility index (Phi) is 0.651. The summed E-state index contributed by atoms with van der Waals surface area (Å²) in [6.45, 7) is 2.13. The Morgan fingerprint density at radius 2 is 2.12 bits per heavy atom. The second-order valence-corrected chi connectivity index (χ2v) is 3.10. The maximum atomic E-state index is 4.48. The van der Waals surface area contributed by atoms with Gasteiger partial charge in [0.15, 0.2) is 0 Å². The van der Waals surface area contributed by atoms with Crippen LogP contribution < -0.4 is 0 Å². The molecule has 1 saturated carbocycles. The van der Waals surface area contributed by atoms with Gasteiger partial charge in [-0.1, -0.05) is 0 Å². The third-order valence-electron chi connectivity index (χ3n) is 2.30. The highest BCUT2D eigenvalue weighted by Crippen LogP contribution is 2.44. The quantitative estimate of drug-likeness (QED) is 0.449. The summed E-state index contributed by atoms with van der Waals surface area (Å²) in [5.74, 6) is 0. The van der Waals surface area contributed by atoms with E-state index in [1.165, 1.54) is 31.4 Å². The summed E-state index contributed by atoms with van der Waals surface area (Å²) in [6.07, 6.45) is 5.44. The second kappa shape index (κ2) is 1.15. The van der Waals surface area contributed by atoms with Crippen molar-refractivity contribution in [3.63, 3.8) is 0 Å². The van der Waals surface area contributed by atoms with E-state index in [0.29, 0.717) is 5.54 Å². The molecular formula is C7H11N. The van der Waals surface area contributed by atoms with E-state index in [1.54, 1.807) is 0 Å². The van der Waals surface area contributed by atoms with Crippen LogP contribution >= 0.6 is 0 Å². The summed E-state index contributed by atoms with van der Waals surface area (Å²) in [5.41, 5.74) is 1.87. The number of hydrogen-bond acceptors (Lipinski definition) is 1. The van der Waals surface area contributed by atoms with Crippen LogP contribution in [0.3, 0.4) is 0 Å². The molecule has 0 atom stereocenters. The Hall–Kier alpha value is -0.330. The zero-order valence-corrected chi connectivity index (χ0v) is 5.28. The molecule has 2 rings (SSSR count). The van der Waals surface area contributed by atoms with Gasteiger partial charge < -0.3 is 0 Å². The van der Waals surface area contributed by atoms with Crippen LogP contribution in [0.4, 0.5) is 0 Å². The van der Waals surface area contributed by atoms with Gasteiger partial charge in [-0.15, -0.1) is 0 Å². The predicted octanol–water partition coefficient (Wildman–Crippen LogP) is 1.77. The van der Waals surface area contributed by atoms with Gasteiger partial charge in [0.1, 0.15) is 0 Å². The minimum absolute atomic E-state index is 0.504. The summed E-state index contributed by atoms with van der Waals surface area (Å²) < 4.78 is 0. The summed E-state index contributed by atoms with van der Waals surface area (Å²) in [6, 6.07) is 0. The molecule has 0 aromatic carbocycles. The smallest absolute Gasteiger partial charge is 0.0659 e. The molecule has 0 amide bonds. The molecule has 1 aliphatic carbocycles. The number of nitrogens with zero attached hydrogens (tertiary/aromatic N) is 1. The maximum absolute atomic E-state index is 4.48. The van der Waals surface area contributed by atoms with Gasteiger partial charge in [-0.3, -0.25) is 4.99 Å². The Balaban J connectivity index is 2.12. The maximum Gasteiger partial charge on any atom is 0.0659 e. The van der Waals surface area contributed by atoms with Gasteiger partial charge in [0.05, 0.1) is 5.54 Å². The molecule has 0 bridgehead atoms. The van der Waals surface area contributed by atoms with E-state index < -0.39 is 0 Å². The van der Waals surface area contributed by atoms with Crippen molar-refractivity contribution in [2.75, 3.05) is 0 Å². The monoisotopic (exact) mass is 109 g/mol. The number of aliphatic imine (C=N–C) groups is 1. The van der Waals surface area contributed by atoms with E-state index in [2.05, 4.69) is 11.9 Å². The summed E-state index contributed by atoms with van der Waals surface area (Å²) in [4.78, 5) is 4.48. The van der Waals surface area contributed by atoms with Crippen LogP contribution in [0.5, 0.6) is 0 Å². The number of rotatable bonds is 0. The zero-order valence-electron chi connectivity index (χ0n) is 5.28. The second-order valence-electron chi connectivity index (χ2n) is 3.10. The lowest BCUT2D eigenvalue weighted by atomic mass is 9.70. The molecule has 44 valence electrons. The summed E-state index contributed by atoms with van der Waals surface area (Å²) in [7, 11) is 0. The van der Waals surface area contributed by atoms with Crippen molar-refractivity contribution in [1.29, 1.82) is 0 Å². The molecule has 0 aromatic heterocycles. The largest absolute Gasteiger partial charge is 0.287 e. The fourth-order valence-electron chi connectivity index (χ4n) is 1.74. The standard InChI is InChI=1S/C7H11N/c1-6-5-7(8-6)3-2-4-7/h2-5H2,1H3. The number of hydrogen-bond donors (Lipinski definition) is 0. The van der Waals surface area contributed by atoms with Gasteiger partial charge >= 0.3 is 0 Å². The summed E-state index contributed by atoms with van der Waals surface area (Å²) in [5, 5.41) is 0. The summed E-state index contributed by atoms with van der Waals surface area (Å²) >= 11 is 0. The van der Waals surface area contributed by atoms with Crippen molar-refractivity contribution >= 4 is 5.71 Å².